The van der Waals surface area contributed by atoms with E-state index in [0.29, 0.717) is 31.0 Å². The van der Waals surface area contributed by atoms with Gasteiger partial charge in [0.15, 0.2) is 0 Å². The molecule has 21 heavy (non-hydrogen) atoms. The minimum atomic E-state index is -0.222. The molecule has 0 aromatic heterocycles. The summed E-state index contributed by atoms with van der Waals surface area (Å²) in [5, 5.41) is 8.97. The first-order chi connectivity index (χ1) is 10.2. The molecule has 0 saturated carbocycles. The van der Waals surface area contributed by atoms with E-state index in [2.05, 4.69) is 6.07 Å². The van der Waals surface area contributed by atoms with Crippen LogP contribution in [0.15, 0.2) is 48.5 Å². The Bertz CT molecular complexity index is 637. The lowest BCUT2D eigenvalue weighted by atomic mass is 10.2. The van der Waals surface area contributed by atoms with Gasteiger partial charge in [-0.25, -0.2) is 4.39 Å². The SMILES string of the molecule is CN(CCOc1ccccc1C#N)Cc1cccc(F)c1. The Morgan fingerprint density at radius 2 is 2.00 bits per heavy atom. The highest BCUT2D eigenvalue weighted by Gasteiger charge is 2.04. The minimum Gasteiger partial charge on any atom is -0.491 e. The number of para-hydroxylation sites is 1. The molecule has 0 N–H and O–H groups in total. The van der Waals surface area contributed by atoms with E-state index in [-0.39, 0.29) is 5.82 Å². The van der Waals surface area contributed by atoms with Crippen molar-refractivity contribution in [2.45, 2.75) is 6.54 Å². The summed E-state index contributed by atoms with van der Waals surface area (Å²) in [6.45, 7) is 1.82. The maximum absolute atomic E-state index is 13.1. The number of hydrogen-bond donors (Lipinski definition) is 0. The molecule has 0 amide bonds. The molecular formula is C17H17FN2O. The lowest BCUT2D eigenvalue weighted by molar-refractivity contribution is 0.232. The first kappa shape index (κ1) is 15.0. The number of halogens is 1. The summed E-state index contributed by atoms with van der Waals surface area (Å²) in [5.74, 6) is 0.374. The first-order valence-electron chi connectivity index (χ1n) is 6.74. The highest BCUT2D eigenvalue weighted by molar-refractivity contribution is 5.42. The van der Waals surface area contributed by atoms with E-state index in [9.17, 15) is 4.39 Å². The summed E-state index contributed by atoms with van der Waals surface area (Å²) in [4.78, 5) is 2.05. The third-order valence-corrected chi connectivity index (χ3v) is 3.08. The topological polar surface area (TPSA) is 36.3 Å². The maximum Gasteiger partial charge on any atom is 0.137 e. The van der Waals surface area contributed by atoms with Gasteiger partial charge in [0.05, 0.1) is 5.56 Å². The molecule has 0 saturated heterocycles. The largest absolute Gasteiger partial charge is 0.491 e. The zero-order chi connectivity index (χ0) is 15.1. The number of hydrogen-bond acceptors (Lipinski definition) is 3. The second-order valence-corrected chi connectivity index (χ2v) is 4.82. The Kier molecular flexibility index (Phi) is 5.30. The molecule has 0 atom stereocenters. The zero-order valence-corrected chi connectivity index (χ0v) is 11.9. The van der Waals surface area contributed by atoms with Gasteiger partial charge in [-0.3, -0.25) is 4.90 Å². The lowest BCUT2D eigenvalue weighted by Crippen LogP contribution is -2.24. The van der Waals surface area contributed by atoms with E-state index in [1.165, 1.54) is 12.1 Å². The fourth-order valence-electron chi connectivity index (χ4n) is 2.02. The van der Waals surface area contributed by atoms with Crippen LogP contribution in [0.4, 0.5) is 4.39 Å². The Labute approximate surface area is 124 Å². The molecule has 0 fully saturated rings. The predicted octanol–water partition coefficient (Wildman–Crippen LogP) is 3.21. The van der Waals surface area contributed by atoms with Gasteiger partial charge in [0.1, 0.15) is 24.2 Å². The number of nitrogens with zero attached hydrogens (tertiary/aromatic N) is 2. The van der Waals surface area contributed by atoms with Crippen molar-refractivity contribution in [3.63, 3.8) is 0 Å². The van der Waals surface area contributed by atoms with Crippen LogP contribution in [0.1, 0.15) is 11.1 Å². The van der Waals surface area contributed by atoms with Crippen LogP contribution in [0.5, 0.6) is 5.75 Å². The molecule has 0 aliphatic rings. The second-order valence-electron chi connectivity index (χ2n) is 4.82. The molecule has 2 aromatic carbocycles. The third kappa shape index (κ3) is 4.59. The fraction of sp³-hybridized carbons (Fsp3) is 0.235. The Morgan fingerprint density at radius 3 is 2.76 bits per heavy atom. The van der Waals surface area contributed by atoms with E-state index in [0.717, 1.165) is 5.56 Å². The lowest BCUT2D eigenvalue weighted by Gasteiger charge is -2.17. The van der Waals surface area contributed by atoms with Gasteiger partial charge in [0, 0.05) is 13.1 Å². The van der Waals surface area contributed by atoms with Crippen LogP contribution >= 0.6 is 0 Å². The number of likely N-dealkylation sites (N-methyl/N-ethyl adjacent to an activating group) is 1. The fourth-order valence-corrected chi connectivity index (χ4v) is 2.02. The minimum absolute atomic E-state index is 0.222. The standard InChI is InChI=1S/C17H17FN2O/c1-20(13-14-5-4-7-16(18)11-14)9-10-21-17-8-3-2-6-15(17)12-19/h2-8,11H,9-10,13H2,1H3. The van der Waals surface area contributed by atoms with Gasteiger partial charge in [-0.15, -0.1) is 0 Å². The molecule has 108 valence electrons. The van der Waals surface area contributed by atoms with Crippen molar-refractivity contribution in [1.82, 2.24) is 4.90 Å². The van der Waals surface area contributed by atoms with Crippen LogP contribution in [0, 0.1) is 17.1 Å². The Balaban J connectivity index is 1.82. The number of nitriles is 1. The summed E-state index contributed by atoms with van der Waals surface area (Å²) in [6, 6.07) is 15.8. The summed E-state index contributed by atoms with van der Waals surface area (Å²) in [5.41, 5.74) is 1.46. The van der Waals surface area contributed by atoms with Gasteiger partial charge in [0.25, 0.3) is 0 Å². The van der Waals surface area contributed by atoms with Gasteiger partial charge in [0.2, 0.25) is 0 Å². The highest BCUT2D eigenvalue weighted by Crippen LogP contribution is 2.16. The van der Waals surface area contributed by atoms with Gasteiger partial charge < -0.3 is 4.74 Å². The third-order valence-electron chi connectivity index (χ3n) is 3.08. The molecule has 0 radical (unpaired) electrons. The van der Waals surface area contributed by atoms with Crippen molar-refractivity contribution in [1.29, 1.82) is 5.26 Å². The van der Waals surface area contributed by atoms with E-state index in [4.69, 9.17) is 10.00 Å². The first-order valence-corrected chi connectivity index (χ1v) is 6.74. The van der Waals surface area contributed by atoms with Crippen LogP contribution in [0.25, 0.3) is 0 Å². The maximum atomic E-state index is 13.1. The average molecular weight is 284 g/mol. The molecule has 2 rings (SSSR count). The molecule has 0 bridgehead atoms. The van der Waals surface area contributed by atoms with Crippen LogP contribution < -0.4 is 4.74 Å². The molecule has 0 unspecified atom stereocenters. The molecule has 0 heterocycles. The summed E-state index contributed by atoms with van der Waals surface area (Å²) in [7, 11) is 1.95. The van der Waals surface area contributed by atoms with Gasteiger partial charge in [-0.1, -0.05) is 24.3 Å². The number of rotatable bonds is 6. The van der Waals surface area contributed by atoms with E-state index >= 15 is 0 Å². The van der Waals surface area contributed by atoms with Crippen LogP contribution in [-0.4, -0.2) is 25.1 Å². The number of benzene rings is 2. The second kappa shape index (κ2) is 7.41. The summed E-state index contributed by atoms with van der Waals surface area (Å²) >= 11 is 0. The molecular weight excluding hydrogens is 267 g/mol. The average Bonchev–Trinajstić information content (AvgIpc) is 2.47. The highest BCUT2D eigenvalue weighted by atomic mass is 19.1. The van der Waals surface area contributed by atoms with Crippen LogP contribution in [-0.2, 0) is 6.54 Å². The predicted molar refractivity (Wildman–Crippen MR) is 79.4 cm³/mol. The quantitative estimate of drug-likeness (QED) is 0.817. The Hall–Kier alpha value is -2.38. The summed E-state index contributed by atoms with van der Waals surface area (Å²) < 4.78 is 18.7. The van der Waals surface area contributed by atoms with Crippen LogP contribution in [0.2, 0.25) is 0 Å². The van der Waals surface area contributed by atoms with Crippen molar-refractivity contribution in [2.24, 2.45) is 0 Å². The number of ether oxygens (including phenoxy) is 1. The van der Waals surface area contributed by atoms with Crippen molar-refractivity contribution in [3.8, 4) is 11.8 Å². The van der Waals surface area contributed by atoms with Gasteiger partial charge in [-0.2, -0.15) is 5.26 Å². The van der Waals surface area contributed by atoms with E-state index in [1.54, 1.807) is 18.2 Å². The molecule has 3 nitrogen and oxygen atoms in total. The van der Waals surface area contributed by atoms with Crippen molar-refractivity contribution < 1.29 is 9.13 Å². The van der Waals surface area contributed by atoms with Gasteiger partial charge in [-0.05, 0) is 36.9 Å². The smallest absolute Gasteiger partial charge is 0.137 e. The Morgan fingerprint density at radius 1 is 1.19 bits per heavy atom. The molecule has 2 aromatic rings. The monoisotopic (exact) mass is 284 g/mol. The van der Waals surface area contributed by atoms with E-state index < -0.39 is 0 Å². The van der Waals surface area contributed by atoms with Crippen LogP contribution in [0.3, 0.4) is 0 Å². The normalized spacial score (nSPS) is 10.4. The van der Waals surface area contributed by atoms with Crippen molar-refractivity contribution >= 4 is 0 Å². The summed E-state index contributed by atoms with van der Waals surface area (Å²) in [6.07, 6.45) is 0. The molecule has 4 heteroatoms. The zero-order valence-electron chi connectivity index (χ0n) is 11.9. The van der Waals surface area contributed by atoms with Crippen molar-refractivity contribution in [2.75, 3.05) is 20.2 Å². The van der Waals surface area contributed by atoms with E-state index in [1.807, 2.05) is 30.1 Å². The molecule has 0 aliphatic heterocycles. The molecule has 0 spiro atoms. The van der Waals surface area contributed by atoms with Crippen molar-refractivity contribution in [3.05, 3.63) is 65.5 Å². The molecule has 0 aliphatic carbocycles. The van der Waals surface area contributed by atoms with Gasteiger partial charge >= 0.3 is 0 Å².